The Morgan fingerprint density at radius 1 is 0.550 bits per heavy atom. The lowest BCUT2D eigenvalue weighted by atomic mass is 10.0. The van der Waals surface area contributed by atoms with E-state index in [-0.39, 0.29) is 0 Å². The van der Waals surface area contributed by atoms with Gasteiger partial charge < -0.3 is 9.97 Å². The van der Waals surface area contributed by atoms with Crippen molar-refractivity contribution in [2.75, 3.05) is 0 Å². The summed E-state index contributed by atoms with van der Waals surface area (Å²) >= 11 is 0. The Labute approximate surface area is 123 Å². The van der Waals surface area contributed by atoms with Crippen molar-refractivity contribution in [2.24, 2.45) is 0 Å². The molecule has 2 aromatic heterocycles. The van der Waals surface area contributed by atoms with Gasteiger partial charge in [-0.1, -0.05) is 38.5 Å². The summed E-state index contributed by atoms with van der Waals surface area (Å²) in [6, 6.07) is 4.37. The number of hydrogen-bond donors (Lipinski definition) is 2. The first-order valence-electron chi connectivity index (χ1n) is 8.18. The van der Waals surface area contributed by atoms with E-state index in [4.69, 9.17) is 0 Å². The second kappa shape index (κ2) is 9.46. The zero-order chi connectivity index (χ0) is 13.9. The fourth-order valence-corrected chi connectivity index (χ4v) is 2.75. The summed E-state index contributed by atoms with van der Waals surface area (Å²) < 4.78 is 0. The molecule has 0 aromatic carbocycles. The molecule has 0 unspecified atom stereocenters. The summed E-state index contributed by atoms with van der Waals surface area (Å²) in [6.45, 7) is 0. The van der Waals surface area contributed by atoms with Crippen LogP contribution in [0.1, 0.15) is 62.5 Å². The van der Waals surface area contributed by atoms with Gasteiger partial charge >= 0.3 is 0 Å². The fraction of sp³-hybridized carbons (Fsp3) is 0.556. The summed E-state index contributed by atoms with van der Waals surface area (Å²) in [5.74, 6) is 0. The molecule has 2 nitrogen and oxygen atoms in total. The van der Waals surface area contributed by atoms with Gasteiger partial charge in [-0.3, -0.25) is 0 Å². The Morgan fingerprint density at radius 2 is 0.950 bits per heavy atom. The molecule has 2 heteroatoms. The van der Waals surface area contributed by atoms with Crippen LogP contribution in [0.15, 0.2) is 36.9 Å². The maximum Gasteiger partial charge on any atom is 0.00373 e. The van der Waals surface area contributed by atoms with E-state index in [2.05, 4.69) is 34.5 Å². The van der Waals surface area contributed by atoms with Crippen molar-refractivity contribution >= 4 is 0 Å². The molecule has 0 amide bonds. The maximum absolute atomic E-state index is 3.12. The van der Waals surface area contributed by atoms with Gasteiger partial charge in [-0.2, -0.15) is 0 Å². The summed E-state index contributed by atoms with van der Waals surface area (Å²) in [4.78, 5) is 6.24. The molecular weight excluding hydrogens is 244 g/mol. The summed E-state index contributed by atoms with van der Waals surface area (Å²) in [6.07, 6.45) is 21.8. The number of aryl methyl sites for hydroxylation is 2. The van der Waals surface area contributed by atoms with Gasteiger partial charge in [0.15, 0.2) is 0 Å². The first kappa shape index (κ1) is 15.0. The highest BCUT2D eigenvalue weighted by molar-refractivity contribution is 5.08. The van der Waals surface area contributed by atoms with Gasteiger partial charge in [0.2, 0.25) is 0 Å². The average molecular weight is 272 g/mol. The molecule has 0 spiro atoms. The predicted octanol–water partition coefficient (Wildman–Crippen LogP) is 5.25. The van der Waals surface area contributed by atoms with E-state index in [1.165, 1.54) is 75.3 Å². The lowest BCUT2D eigenvalue weighted by Gasteiger charge is -2.02. The molecule has 110 valence electrons. The number of aromatic nitrogens is 2. The second-order valence-corrected chi connectivity index (χ2v) is 5.77. The van der Waals surface area contributed by atoms with Crippen LogP contribution in [-0.2, 0) is 12.8 Å². The van der Waals surface area contributed by atoms with E-state index in [0.717, 1.165) is 0 Å². The van der Waals surface area contributed by atoms with Crippen molar-refractivity contribution < 1.29 is 0 Å². The molecule has 2 N–H and O–H groups in total. The third-order valence-corrected chi connectivity index (χ3v) is 4.01. The number of unbranched alkanes of at least 4 members (excludes halogenated alkanes) is 7. The Morgan fingerprint density at radius 3 is 1.30 bits per heavy atom. The Hall–Kier alpha value is -1.44. The standard InChI is InChI=1S/C18H28N2/c1(3-5-7-9-17-11-13-19-15-17)2-4-6-8-10-18-12-14-20-16-18/h11-16,19-20H,1-10H2. The number of hydrogen-bond acceptors (Lipinski definition) is 0. The number of rotatable bonds is 11. The van der Waals surface area contributed by atoms with Crippen LogP contribution in [0.25, 0.3) is 0 Å². The van der Waals surface area contributed by atoms with E-state index in [1.54, 1.807) is 0 Å². The summed E-state index contributed by atoms with van der Waals surface area (Å²) in [5, 5.41) is 0. The topological polar surface area (TPSA) is 31.6 Å². The second-order valence-electron chi connectivity index (χ2n) is 5.77. The van der Waals surface area contributed by atoms with Crippen molar-refractivity contribution in [3.63, 3.8) is 0 Å². The minimum absolute atomic E-state index is 1.24. The Kier molecular flexibility index (Phi) is 7.08. The molecule has 2 heterocycles. The van der Waals surface area contributed by atoms with E-state index in [9.17, 15) is 0 Å². The Balaban J connectivity index is 1.33. The quantitative estimate of drug-likeness (QED) is 0.524. The lowest BCUT2D eigenvalue weighted by Crippen LogP contribution is -1.86. The molecule has 0 radical (unpaired) electrons. The van der Waals surface area contributed by atoms with Crippen molar-refractivity contribution in [3.8, 4) is 0 Å². The maximum atomic E-state index is 3.12. The fourth-order valence-electron chi connectivity index (χ4n) is 2.75. The van der Waals surface area contributed by atoms with Crippen molar-refractivity contribution in [2.45, 2.75) is 64.2 Å². The van der Waals surface area contributed by atoms with Gasteiger partial charge in [-0.25, -0.2) is 0 Å². The number of aromatic amines is 2. The first-order valence-corrected chi connectivity index (χ1v) is 8.18. The van der Waals surface area contributed by atoms with Crippen LogP contribution >= 0.6 is 0 Å². The van der Waals surface area contributed by atoms with Crippen molar-refractivity contribution in [1.29, 1.82) is 0 Å². The zero-order valence-electron chi connectivity index (χ0n) is 12.5. The molecule has 0 bridgehead atoms. The van der Waals surface area contributed by atoms with E-state index in [1.807, 2.05) is 12.4 Å². The van der Waals surface area contributed by atoms with Crippen LogP contribution < -0.4 is 0 Å². The molecule has 0 aliphatic carbocycles. The first-order chi connectivity index (χ1) is 9.95. The summed E-state index contributed by atoms with van der Waals surface area (Å²) in [7, 11) is 0. The molecule has 0 aliphatic heterocycles. The van der Waals surface area contributed by atoms with Crippen LogP contribution in [0.2, 0.25) is 0 Å². The minimum Gasteiger partial charge on any atom is -0.367 e. The van der Waals surface area contributed by atoms with Crippen LogP contribution in [0.3, 0.4) is 0 Å². The molecular formula is C18H28N2. The van der Waals surface area contributed by atoms with Crippen molar-refractivity contribution in [3.05, 3.63) is 48.0 Å². The molecule has 0 fully saturated rings. The number of H-pyrrole nitrogens is 2. The normalized spacial score (nSPS) is 11.0. The lowest BCUT2D eigenvalue weighted by molar-refractivity contribution is 0.567. The highest BCUT2D eigenvalue weighted by Crippen LogP contribution is 2.12. The highest BCUT2D eigenvalue weighted by Gasteiger charge is 1.96. The van der Waals surface area contributed by atoms with Crippen LogP contribution in [0, 0.1) is 0 Å². The smallest absolute Gasteiger partial charge is 0.00373 e. The van der Waals surface area contributed by atoms with Crippen molar-refractivity contribution in [1.82, 2.24) is 9.97 Å². The van der Waals surface area contributed by atoms with Crippen LogP contribution in [-0.4, -0.2) is 9.97 Å². The van der Waals surface area contributed by atoms with Gasteiger partial charge in [0.05, 0.1) is 0 Å². The van der Waals surface area contributed by atoms with Gasteiger partial charge in [-0.05, 0) is 48.9 Å². The van der Waals surface area contributed by atoms with Crippen LogP contribution in [0.4, 0.5) is 0 Å². The molecule has 2 rings (SSSR count). The molecule has 0 aliphatic rings. The van der Waals surface area contributed by atoms with Gasteiger partial charge in [0.1, 0.15) is 0 Å². The van der Waals surface area contributed by atoms with E-state index in [0.29, 0.717) is 0 Å². The van der Waals surface area contributed by atoms with Gasteiger partial charge in [0, 0.05) is 24.8 Å². The Bertz CT molecular complexity index is 372. The third-order valence-electron chi connectivity index (χ3n) is 4.01. The molecule has 2 aromatic rings. The molecule has 0 atom stereocenters. The molecule has 0 saturated carbocycles. The highest BCUT2D eigenvalue weighted by atomic mass is 14.6. The molecule has 0 saturated heterocycles. The summed E-state index contributed by atoms with van der Waals surface area (Å²) in [5.41, 5.74) is 2.91. The van der Waals surface area contributed by atoms with E-state index < -0.39 is 0 Å². The number of nitrogens with one attached hydrogen (secondary N) is 2. The molecule has 20 heavy (non-hydrogen) atoms. The zero-order valence-corrected chi connectivity index (χ0v) is 12.5. The predicted molar refractivity (Wildman–Crippen MR) is 85.9 cm³/mol. The van der Waals surface area contributed by atoms with Crippen LogP contribution in [0.5, 0.6) is 0 Å². The van der Waals surface area contributed by atoms with Gasteiger partial charge in [-0.15, -0.1) is 0 Å². The average Bonchev–Trinajstić information content (AvgIpc) is 3.14. The minimum atomic E-state index is 1.24. The third kappa shape index (κ3) is 6.14. The van der Waals surface area contributed by atoms with Gasteiger partial charge in [0.25, 0.3) is 0 Å². The largest absolute Gasteiger partial charge is 0.367 e. The van der Waals surface area contributed by atoms with E-state index >= 15 is 0 Å². The monoisotopic (exact) mass is 272 g/mol. The SMILES string of the molecule is c1cc(CCCCCCCCCCc2cc[nH]c2)c[nH]1.